The van der Waals surface area contributed by atoms with Crippen LogP contribution in [0.2, 0.25) is 10.2 Å². The molecule has 108 valence electrons. The lowest BCUT2D eigenvalue weighted by Gasteiger charge is -2.14. The van der Waals surface area contributed by atoms with Gasteiger partial charge in [-0.05, 0) is 43.4 Å². The van der Waals surface area contributed by atoms with Crippen LogP contribution in [0.25, 0.3) is 0 Å². The van der Waals surface area contributed by atoms with Gasteiger partial charge in [0.1, 0.15) is 5.15 Å². The Balaban J connectivity index is 2.11. The molecule has 1 aromatic heterocycles. The number of aromatic nitrogens is 2. The number of aliphatic hydroxyl groups excluding tert-OH is 1. The summed E-state index contributed by atoms with van der Waals surface area (Å²) in [7, 11) is 1.83. The van der Waals surface area contributed by atoms with Gasteiger partial charge in [-0.3, -0.25) is 4.68 Å². The fourth-order valence-electron chi connectivity index (χ4n) is 2.35. The van der Waals surface area contributed by atoms with Crippen molar-refractivity contribution in [3.05, 3.63) is 51.3 Å². The summed E-state index contributed by atoms with van der Waals surface area (Å²) in [5.74, 6) is 0.122. The van der Waals surface area contributed by atoms with Crippen molar-refractivity contribution >= 4 is 23.2 Å². The molecule has 1 heterocycles. The third kappa shape index (κ3) is 3.54. The van der Waals surface area contributed by atoms with Crippen LogP contribution in [0.5, 0.6) is 0 Å². The van der Waals surface area contributed by atoms with Crippen molar-refractivity contribution in [2.75, 3.05) is 6.61 Å². The Morgan fingerprint density at radius 3 is 2.35 bits per heavy atom. The molecule has 0 saturated carbocycles. The van der Waals surface area contributed by atoms with Crippen molar-refractivity contribution in [3.63, 3.8) is 0 Å². The van der Waals surface area contributed by atoms with Gasteiger partial charge in [-0.25, -0.2) is 0 Å². The van der Waals surface area contributed by atoms with Gasteiger partial charge < -0.3 is 5.11 Å². The Morgan fingerprint density at radius 2 is 1.85 bits per heavy atom. The standard InChI is InChI=1S/C15H18Cl2N2O/c1-10-14(15(17)19(2)18-10)8-12(9-20)7-11-3-5-13(16)6-4-11/h3-6,12,20H,7-9H2,1-2H3. The van der Waals surface area contributed by atoms with Crippen molar-refractivity contribution < 1.29 is 5.11 Å². The maximum absolute atomic E-state index is 9.60. The predicted octanol–water partition coefficient (Wildman–Crippen LogP) is 3.43. The first-order valence-electron chi connectivity index (χ1n) is 6.54. The minimum atomic E-state index is 0.118. The van der Waals surface area contributed by atoms with Crippen LogP contribution in [0.4, 0.5) is 0 Å². The molecule has 3 nitrogen and oxygen atoms in total. The first-order valence-corrected chi connectivity index (χ1v) is 7.30. The third-order valence-electron chi connectivity index (χ3n) is 3.46. The van der Waals surface area contributed by atoms with E-state index in [1.165, 1.54) is 0 Å². The van der Waals surface area contributed by atoms with E-state index in [-0.39, 0.29) is 12.5 Å². The van der Waals surface area contributed by atoms with E-state index in [2.05, 4.69) is 5.10 Å². The number of benzene rings is 1. The molecule has 0 radical (unpaired) electrons. The molecule has 2 aromatic rings. The monoisotopic (exact) mass is 312 g/mol. The van der Waals surface area contributed by atoms with E-state index in [0.717, 1.165) is 34.7 Å². The van der Waals surface area contributed by atoms with Crippen LogP contribution in [0.15, 0.2) is 24.3 Å². The van der Waals surface area contributed by atoms with Crippen molar-refractivity contribution in [1.29, 1.82) is 0 Å². The summed E-state index contributed by atoms with van der Waals surface area (Å²) >= 11 is 12.1. The largest absolute Gasteiger partial charge is 0.396 e. The average Bonchev–Trinajstić information content (AvgIpc) is 2.66. The molecule has 0 fully saturated rings. The Bertz CT molecular complexity index is 578. The minimum Gasteiger partial charge on any atom is -0.396 e. The summed E-state index contributed by atoms with van der Waals surface area (Å²) in [6.07, 6.45) is 1.51. The lowest BCUT2D eigenvalue weighted by molar-refractivity contribution is 0.225. The Hall–Kier alpha value is -1.03. The van der Waals surface area contributed by atoms with Gasteiger partial charge in [0.25, 0.3) is 0 Å². The highest BCUT2D eigenvalue weighted by Crippen LogP contribution is 2.24. The van der Waals surface area contributed by atoms with E-state index >= 15 is 0 Å². The van der Waals surface area contributed by atoms with Crippen molar-refractivity contribution in [2.24, 2.45) is 13.0 Å². The number of rotatable bonds is 5. The molecule has 1 atom stereocenters. The molecular formula is C15H18Cl2N2O. The second-order valence-electron chi connectivity index (χ2n) is 5.06. The highest BCUT2D eigenvalue weighted by atomic mass is 35.5. The quantitative estimate of drug-likeness (QED) is 0.918. The number of nitrogens with zero attached hydrogens (tertiary/aromatic N) is 2. The zero-order valence-corrected chi connectivity index (χ0v) is 13.1. The molecule has 0 aliphatic heterocycles. The van der Waals surface area contributed by atoms with E-state index in [9.17, 15) is 5.11 Å². The SMILES string of the molecule is Cc1nn(C)c(Cl)c1CC(CO)Cc1ccc(Cl)cc1. The Morgan fingerprint density at radius 1 is 1.20 bits per heavy atom. The van der Waals surface area contributed by atoms with E-state index in [0.29, 0.717) is 5.15 Å². The zero-order valence-electron chi connectivity index (χ0n) is 11.6. The van der Waals surface area contributed by atoms with Crippen molar-refractivity contribution in [3.8, 4) is 0 Å². The first-order chi connectivity index (χ1) is 9.51. The van der Waals surface area contributed by atoms with Gasteiger partial charge in [0.2, 0.25) is 0 Å². The van der Waals surface area contributed by atoms with Gasteiger partial charge in [-0.15, -0.1) is 0 Å². The maximum Gasteiger partial charge on any atom is 0.130 e. The summed E-state index contributed by atoms with van der Waals surface area (Å²) in [5, 5.41) is 15.3. The molecule has 20 heavy (non-hydrogen) atoms. The smallest absolute Gasteiger partial charge is 0.130 e. The maximum atomic E-state index is 9.60. The number of aryl methyl sites for hydroxylation is 2. The summed E-state index contributed by atoms with van der Waals surface area (Å²) in [5.41, 5.74) is 3.10. The number of aliphatic hydroxyl groups is 1. The van der Waals surface area contributed by atoms with Crippen LogP contribution in [0.3, 0.4) is 0 Å². The van der Waals surface area contributed by atoms with E-state index in [1.807, 2.05) is 38.2 Å². The van der Waals surface area contributed by atoms with Gasteiger partial charge >= 0.3 is 0 Å². The van der Waals surface area contributed by atoms with E-state index < -0.39 is 0 Å². The molecular weight excluding hydrogens is 295 g/mol. The predicted molar refractivity (Wildman–Crippen MR) is 82.4 cm³/mol. The van der Waals surface area contributed by atoms with Gasteiger partial charge in [-0.1, -0.05) is 35.3 Å². The second kappa shape index (κ2) is 6.61. The van der Waals surface area contributed by atoms with Crippen LogP contribution >= 0.6 is 23.2 Å². The first kappa shape index (κ1) is 15.4. The van der Waals surface area contributed by atoms with E-state index in [1.54, 1.807) is 4.68 Å². The topological polar surface area (TPSA) is 38.0 Å². The normalized spacial score (nSPS) is 12.7. The summed E-state index contributed by atoms with van der Waals surface area (Å²) in [6.45, 7) is 2.06. The summed E-state index contributed by atoms with van der Waals surface area (Å²) < 4.78 is 1.67. The van der Waals surface area contributed by atoms with Gasteiger partial charge in [0.15, 0.2) is 0 Å². The van der Waals surface area contributed by atoms with Gasteiger partial charge in [-0.2, -0.15) is 5.10 Å². The minimum absolute atomic E-state index is 0.118. The fraction of sp³-hybridized carbons (Fsp3) is 0.400. The molecule has 1 unspecified atom stereocenters. The van der Waals surface area contributed by atoms with Crippen molar-refractivity contribution in [2.45, 2.75) is 19.8 Å². The number of halogens is 2. The average molecular weight is 313 g/mol. The summed E-state index contributed by atoms with van der Waals surface area (Å²) in [6, 6.07) is 7.71. The van der Waals surface area contributed by atoms with Crippen molar-refractivity contribution in [1.82, 2.24) is 9.78 Å². The Kier molecular flexibility index (Phi) is 5.08. The highest BCUT2D eigenvalue weighted by molar-refractivity contribution is 6.30. The molecule has 1 aromatic carbocycles. The third-order valence-corrected chi connectivity index (χ3v) is 4.18. The fourth-order valence-corrected chi connectivity index (χ4v) is 2.73. The lowest BCUT2D eigenvalue weighted by Crippen LogP contribution is -2.13. The summed E-state index contributed by atoms with van der Waals surface area (Å²) in [4.78, 5) is 0. The molecule has 0 aliphatic rings. The number of hydrogen-bond acceptors (Lipinski definition) is 2. The second-order valence-corrected chi connectivity index (χ2v) is 5.86. The molecule has 0 saturated heterocycles. The lowest BCUT2D eigenvalue weighted by atomic mass is 9.93. The van der Waals surface area contributed by atoms with Gasteiger partial charge in [0, 0.05) is 24.2 Å². The van der Waals surface area contributed by atoms with Crippen LogP contribution in [-0.2, 0) is 19.9 Å². The van der Waals surface area contributed by atoms with Crippen LogP contribution in [-0.4, -0.2) is 21.5 Å². The molecule has 0 aliphatic carbocycles. The van der Waals surface area contributed by atoms with E-state index in [4.69, 9.17) is 23.2 Å². The molecule has 2 rings (SSSR count). The molecule has 0 amide bonds. The molecule has 5 heteroatoms. The van der Waals surface area contributed by atoms with Crippen LogP contribution < -0.4 is 0 Å². The van der Waals surface area contributed by atoms with Crippen LogP contribution in [0, 0.1) is 12.8 Å². The molecule has 0 bridgehead atoms. The zero-order chi connectivity index (χ0) is 14.7. The molecule has 0 spiro atoms. The Labute approximate surface area is 129 Å². The highest BCUT2D eigenvalue weighted by Gasteiger charge is 2.17. The molecule has 1 N–H and O–H groups in total. The van der Waals surface area contributed by atoms with Gasteiger partial charge in [0.05, 0.1) is 5.69 Å². The van der Waals surface area contributed by atoms with Crippen LogP contribution in [0.1, 0.15) is 16.8 Å². The number of hydrogen-bond donors (Lipinski definition) is 1.